The first-order chi connectivity index (χ1) is 12.7. The molecular formula is C23H21NO2. The van der Waals surface area contributed by atoms with Crippen LogP contribution in [0.5, 0.6) is 5.75 Å². The summed E-state index contributed by atoms with van der Waals surface area (Å²) in [7, 11) is 1.66. The summed E-state index contributed by atoms with van der Waals surface area (Å²) in [4.78, 5) is 15.0. The normalized spacial score (nSPS) is 13.4. The Morgan fingerprint density at radius 3 is 2.65 bits per heavy atom. The predicted octanol–water partition coefficient (Wildman–Crippen LogP) is 5.08. The largest absolute Gasteiger partial charge is 0.497 e. The molecule has 0 atom stereocenters. The minimum atomic E-state index is 0.0558. The van der Waals surface area contributed by atoms with Crippen LogP contribution in [0.25, 0.3) is 16.8 Å². The molecule has 0 saturated heterocycles. The number of hydrogen-bond acceptors (Lipinski definition) is 2. The Hall–Kier alpha value is -3.07. The summed E-state index contributed by atoms with van der Waals surface area (Å²) >= 11 is 0. The highest BCUT2D eigenvalue weighted by atomic mass is 16.5. The number of carbonyl (C=O) groups excluding carboxylic acids is 1. The summed E-state index contributed by atoms with van der Waals surface area (Å²) in [5, 5.41) is 2.11. The zero-order chi connectivity index (χ0) is 18.1. The third-order valence-corrected chi connectivity index (χ3v) is 4.90. The summed E-state index contributed by atoms with van der Waals surface area (Å²) in [5.74, 6) is 0.877. The number of allylic oxidation sites excluding steroid dienone is 1. The van der Waals surface area contributed by atoms with Crippen molar-refractivity contribution in [3.8, 4) is 5.75 Å². The minimum absolute atomic E-state index is 0.0558. The molecule has 3 aromatic rings. The van der Waals surface area contributed by atoms with Crippen molar-refractivity contribution < 1.29 is 9.53 Å². The molecule has 0 saturated carbocycles. The maximum atomic E-state index is 13.1. The van der Waals surface area contributed by atoms with E-state index < -0.39 is 0 Å². The van der Waals surface area contributed by atoms with E-state index in [-0.39, 0.29) is 5.91 Å². The highest BCUT2D eigenvalue weighted by Gasteiger charge is 2.25. The second kappa shape index (κ2) is 6.68. The zero-order valence-corrected chi connectivity index (χ0v) is 15.0. The molecule has 1 amide bonds. The van der Waals surface area contributed by atoms with Crippen LogP contribution in [0.3, 0.4) is 0 Å². The maximum Gasteiger partial charge on any atom is 0.258 e. The molecule has 0 aromatic heterocycles. The van der Waals surface area contributed by atoms with Gasteiger partial charge in [-0.05, 0) is 71.6 Å². The van der Waals surface area contributed by atoms with E-state index in [1.807, 2.05) is 54.3 Å². The summed E-state index contributed by atoms with van der Waals surface area (Å²) < 4.78 is 5.27. The van der Waals surface area contributed by atoms with Gasteiger partial charge in [-0.2, -0.15) is 0 Å². The molecule has 0 radical (unpaired) electrons. The summed E-state index contributed by atoms with van der Waals surface area (Å²) in [6.45, 7) is 2.74. The van der Waals surface area contributed by atoms with Gasteiger partial charge in [0.2, 0.25) is 0 Å². The number of hydrogen-bond donors (Lipinski definition) is 0. The monoisotopic (exact) mass is 343 g/mol. The number of amides is 1. The molecule has 4 rings (SSSR count). The molecule has 3 heteroatoms. The Morgan fingerprint density at radius 1 is 1.04 bits per heavy atom. The van der Waals surface area contributed by atoms with Gasteiger partial charge in [-0.3, -0.25) is 4.79 Å². The lowest BCUT2D eigenvalue weighted by atomic mass is 10.1. The fourth-order valence-corrected chi connectivity index (χ4v) is 3.57. The van der Waals surface area contributed by atoms with Crippen molar-refractivity contribution in [1.29, 1.82) is 0 Å². The standard InChI is InChI=1S/C23H21NO2/c1-3-4-16-5-10-22-19(13-16)11-12-24(22)23(25)20-7-6-18-15-21(26-2)9-8-17(18)14-20/h3-10,13-15H,11-12H2,1-2H3. The van der Waals surface area contributed by atoms with Crippen molar-refractivity contribution >= 4 is 28.4 Å². The number of methoxy groups -OCH3 is 1. The van der Waals surface area contributed by atoms with E-state index in [0.717, 1.165) is 35.2 Å². The molecule has 26 heavy (non-hydrogen) atoms. The van der Waals surface area contributed by atoms with E-state index in [1.54, 1.807) is 7.11 Å². The summed E-state index contributed by atoms with van der Waals surface area (Å²) in [6.07, 6.45) is 5.02. The average molecular weight is 343 g/mol. The van der Waals surface area contributed by atoms with Crippen LogP contribution in [0.2, 0.25) is 0 Å². The number of rotatable bonds is 3. The van der Waals surface area contributed by atoms with Crippen LogP contribution in [0.4, 0.5) is 5.69 Å². The van der Waals surface area contributed by atoms with Gasteiger partial charge in [0, 0.05) is 17.8 Å². The number of benzene rings is 3. The molecule has 1 aliphatic rings. The van der Waals surface area contributed by atoms with Crippen molar-refractivity contribution in [1.82, 2.24) is 0 Å². The van der Waals surface area contributed by atoms with Gasteiger partial charge in [-0.15, -0.1) is 0 Å². The lowest BCUT2D eigenvalue weighted by molar-refractivity contribution is 0.0989. The van der Waals surface area contributed by atoms with Crippen molar-refractivity contribution in [2.75, 3.05) is 18.6 Å². The number of nitrogens with zero attached hydrogens (tertiary/aromatic N) is 1. The van der Waals surface area contributed by atoms with Gasteiger partial charge >= 0.3 is 0 Å². The van der Waals surface area contributed by atoms with E-state index in [2.05, 4.69) is 24.3 Å². The topological polar surface area (TPSA) is 29.5 Å². The van der Waals surface area contributed by atoms with Gasteiger partial charge in [0.15, 0.2) is 0 Å². The molecule has 3 nitrogen and oxygen atoms in total. The van der Waals surface area contributed by atoms with E-state index in [1.165, 1.54) is 11.1 Å². The SMILES string of the molecule is CC=Cc1ccc2c(c1)CCN2C(=O)c1ccc2cc(OC)ccc2c1. The van der Waals surface area contributed by atoms with Crippen molar-refractivity contribution in [3.05, 3.63) is 77.4 Å². The smallest absolute Gasteiger partial charge is 0.258 e. The number of carbonyl (C=O) groups is 1. The lowest BCUT2D eigenvalue weighted by Crippen LogP contribution is -2.28. The summed E-state index contributed by atoms with van der Waals surface area (Å²) in [5.41, 5.74) is 4.16. The second-order valence-electron chi connectivity index (χ2n) is 6.52. The first-order valence-corrected chi connectivity index (χ1v) is 8.85. The van der Waals surface area contributed by atoms with Crippen LogP contribution < -0.4 is 9.64 Å². The van der Waals surface area contributed by atoms with Crippen LogP contribution in [0.15, 0.2) is 60.7 Å². The van der Waals surface area contributed by atoms with Gasteiger partial charge in [0.25, 0.3) is 5.91 Å². The van der Waals surface area contributed by atoms with Crippen molar-refractivity contribution in [2.24, 2.45) is 0 Å². The van der Waals surface area contributed by atoms with Gasteiger partial charge in [0.05, 0.1) is 7.11 Å². The van der Waals surface area contributed by atoms with Gasteiger partial charge in [-0.25, -0.2) is 0 Å². The molecule has 0 bridgehead atoms. The second-order valence-corrected chi connectivity index (χ2v) is 6.52. The Morgan fingerprint density at radius 2 is 1.85 bits per heavy atom. The quantitative estimate of drug-likeness (QED) is 0.663. The molecule has 1 aliphatic heterocycles. The van der Waals surface area contributed by atoms with Crippen LogP contribution in [-0.4, -0.2) is 19.6 Å². The molecule has 130 valence electrons. The third kappa shape index (κ3) is 2.86. The first kappa shape index (κ1) is 16.4. The molecule has 0 unspecified atom stereocenters. The predicted molar refractivity (Wildman–Crippen MR) is 107 cm³/mol. The average Bonchev–Trinajstić information content (AvgIpc) is 3.10. The third-order valence-electron chi connectivity index (χ3n) is 4.90. The minimum Gasteiger partial charge on any atom is -0.497 e. The van der Waals surface area contributed by atoms with Crippen LogP contribution in [-0.2, 0) is 6.42 Å². The lowest BCUT2D eigenvalue weighted by Gasteiger charge is -2.18. The van der Waals surface area contributed by atoms with E-state index in [4.69, 9.17) is 4.74 Å². The van der Waals surface area contributed by atoms with E-state index in [9.17, 15) is 4.79 Å². The Balaban J connectivity index is 1.66. The summed E-state index contributed by atoms with van der Waals surface area (Å²) in [6, 6.07) is 18.0. The number of anilines is 1. The molecule has 0 N–H and O–H groups in total. The van der Waals surface area contributed by atoms with Gasteiger partial charge < -0.3 is 9.64 Å². The highest BCUT2D eigenvalue weighted by Crippen LogP contribution is 2.31. The van der Waals surface area contributed by atoms with Gasteiger partial charge in [0.1, 0.15) is 5.75 Å². The van der Waals surface area contributed by atoms with Crippen LogP contribution in [0, 0.1) is 0 Å². The molecule has 0 fully saturated rings. The van der Waals surface area contributed by atoms with Gasteiger partial charge in [-0.1, -0.05) is 30.4 Å². The van der Waals surface area contributed by atoms with E-state index >= 15 is 0 Å². The highest BCUT2D eigenvalue weighted by molar-refractivity contribution is 6.09. The molecule has 0 spiro atoms. The first-order valence-electron chi connectivity index (χ1n) is 8.85. The maximum absolute atomic E-state index is 13.1. The fraction of sp³-hybridized carbons (Fsp3) is 0.174. The molecule has 1 heterocycles. The van der Waals surface area contributed by atoms with E-state index in [0.29, 0.717) is 5.56 Å². The number of fused-ring (bicyclic) bond motifs is 2. The molecule has 3 aromatic carbocycles. The Kier molecular flexibility index (Phi) is 4.21. The molecular weight excluding hydrogens is 322 g/mol. The van der Waals surface area contributed by atoms with Crippen LogP contribution in [0.1, 0.15) is 28.4 Å². The molecule has 0 aliphatic carbocycles. The fourth-order valence-electron chi connectivity index (χ4n) is 3.57. The Bertz CT molecular complexity index is 1020. The van der Waals surface area contributed by atoms with Crippen molar-refractivity contribution in [3.63, 3.8) is 0 Å². The number of ether oxygens (including phenoxy) is 1. The van der Waals surface area contributed by atoms with Crippen molar-refractivity contribution in [2.45, 2.75) is 13.3 Å². The Labute approximate surface area is 153 Å². The zero-order valence-electron chi connectivity index (χ0n) is 15.0. The van der Waals surface area contributed by atoms with Crippen LogP contribution >= 0.6 is 0 Å².